The van der Waals surface area contributed by atoms with E-state index >= 15 is 0 Å². The predicted molar refractivity (Wildman–Crippen MR) is 81.9 cm³/mol. The smallest absolute Gasteiger partial charge is 0.119 e. The number of rotatable bonds is 4. The quantitative estimate of drug-likeness (QED) is 0.918. The van der Waals surface area contributed by atoms with Crippen LogP contribution in [0.4, 0.5) is 0 Å². The molecule has 112 valence electrons. The van der Waals surface area contributed by atoms with Gasteiger partial charge in [0.25, 0.3) is 0 Å². The van der Waals surface area contributed by atoms with Crippen LogP contribution < -0.4 is 4.74 Å². The summed E-state index contributed by atoms with van der Waals surface area (Å²) < 4.78 is 5.27. The molecule has 1 saturated carbocycles. The molecule has 0 heterocycles. The maximum Gasteiger partial charge on any atom is 0.119 e. The van der Waals surface area contributed by atoms with E-state index in [-0.39, 0.29) is 12.1 Å². The number of hydrogen-bond donors (Lipinski definition) is 1. The maximum atomic E-state index is 10.3. The molecule has 3 heteroatoms. The minimum absolute atomic E-state index is 0.210. The van der Waals surface area contributed by atoms with E-state index in [1.807, 2.05) is 12.1 Å². The van der Waals surface area contributed by atoms with Crippen LogP contribution in [-0.4, -0.2) is 36.3 Å². The van der Waals surface area contributed by atoms with Crippen LogP contribution in [-0.2, 0) is 6.54 Å². The van der Waals surface area contributed by atoms with E-state index in [9.17, 15) is 5.11 Å². The molecule has 0 radical (unpaired) electrons. The molecule has 0 bridgehead atoms. The molecular formula is C17H27NO2. The van der Waals surface area contributed by atoms with E-state index in [1.54, 1.807) is 7.11 Å². The Labute approximate surface area is 122 Å². The molecule has 0 amide bonds. The molecule has 1 N–H and O–H groups in total. The number of hydrogen-bond acceptors (Lipinski definition) is 3. The molecule has 1 aromatic rings. The zero-order valence-electron chi connectivity index (χ0n) is 13.1. The second kappa shape index (κ2) is 6.15. The van der Waals surface area contributed by atoms with Crippen molar-refractivity contribution in [3.05, 3.63) is 29.8 Å². The maximum absolute atomic E-state index is 10.3. The lowest BCUT2D eigenvalue weighted by Crippen LogP contribution is -2.47. The van der Waals surface area contributed by atoms with Gasteiger partial charge in [-0.05, 0) is 49.4 Å². The van der Waals surface area contributed by atoms with Gasteiger partial charge in [0.15, 0.2) is 0 Å². The highest BCUT2D eigenvalue weighted by atomic mass is 16.5. The number of benzene rings is 1. The normalized spacial score (nSPS) is 25.7. The van der Waals surface area contributed by atoms with Gasteiger partial charge < -0.3 is 9.84 Å². The fraction of sp³-hybridized carbons (Fsp3) is 0.647. The summed E-state index contributed by atoms with van der Waals surface area (Å²) in [6.45, 7) is 5.44. The summed E-state index contributed by atoms with van der Waals surface area (Å²) in [7, 11) is 3.80. The average Bonchev–Trinajstić information content (AvgIpc) is 2.41. The van der Waals surface area contributed by atoms with Gasteiger partial charge in [-0.25, -0.2) is 0 Å². The van der Waals surface area contributed by atoms with E-state index in [0.29, 0.717) is 5.41 Å². The van der Waals surface area contributed by atoms with Crippen molar-refractivity contribution in [3.63, 3.8) is 0 Å². The van der Waals surface area contributed by atoms with Crippen LogP contribution in [0.15, 0.2) is 24.3 Å². The molecule has 1 aliphatic carbocycles. The first-order chi connectivity index (χ1) is 9.41. The van der Waals surface area contributed by atoms with Crippen molar-refractivity contribution in [1.82, 2.24) is 4.90 Å². The average molecular weight is 277 g/mol. The molecule has 1 fully saturated rings. The van der Waals surface area contributed by atoms with Gasteiger partial charge >= 0.3 is 0 Å². The molecule has 0 saturated heterocycles. The zero-order chi connectivity index (χ0) is 14.8. The van der Waals surface area contributed by atoms with E-state index in [2.05, 4.69) is 37.9 Å². The number of aliphatic hydroxyl groups is 1. The van der Waals surface area contributed by atoms with Crippen LogP contribution in [0, 0.1) is 5.41 Å². The second-order valence-corrected chi connectivity index (χ2v) is 6.81. The number of likely N-dealkylation sites (N-methyl/N-ethyl adjacent to an activating group) is 1. The highest BCUT2D eigenvalue weighted by Crippen LogP contribution is 2.37. The van der Waals surface area contributed by atoms with Gasteiger partial charge in [-0.2, -0.15) is 0 Å². The minimum Gasteiger partial charge on any atom is -0.497 e. The Morgan fingerprint density at radius 2 is 2.15 bits per heavy atom. The van der Waals surface area contributed by atoms with Crippen molar-refractivity contribution >= 4 is 0 Å². The monoisotopic (exact) mass is 277 g/mol. The first-order valence-electron chi connectivity index (χ1n) is 7.42. The Hall–Kier alpha value is -1.06. The molecular weight excluding hydrogens is 250 g/mol. The van der Waals surface area contributed by atoms with E-state index in [1.165, 1.54) is 5.56 Å². The number of methoxy groups -OCH3 is 1. The van der Waals surface area contributed by atoms with Crippen molar-refractivity contribution in [2.75, 3.05) is 14.2 Å². The first-order valence-corrected chi connectivity index (χ1v) is 7.42. The number of nitrogens with zero attached hydrogens (tertiary/aromatic N) is 1. The fourth-order valence-corrected chi connectivity index (χ4v) is 3.16. The third-order valence-corrected chi connectivity index (χ3v) is 4.46. The highest BCUT2D eigenvalue weighted by molar-refractivity contribution is 5.28. The first kappa shape index (κ1) is 15.3. The summed E-state index contributed by atoms with van der Waals surface area (Å²) >= 11 is 0. The minimum atomic E-state index is -0.210. The van der Waals surface area contributed by atoms with Crippen LogP contribution in [0.5, 0.6) is 5.75 Å². The Balaban J connectivity index is 2.04. The van der Waals surface area contributed by atoms with Gasteiger partial charge in [-0.3, -0.25) is 4.90 Å². The largest absolute Gasteiger partial charge is 0.497 e. The Morgan fingerprint density at radius 1 is 1.40 bits per heavy atom. The van der Waals surface area contributed by atoms with Crippen molar-refractivity contribution in [2.24, 2.45) is 5.41 Å². The molecule has 2 rings (SSSR count). The number of aliphatic hydroxyl groups excluding tert-OH is 1. The van der Waals surface area contributed by atoms with Crippen LogP contribution >= 0.6 is 0 Å². The van der Waals surface area contributed by atoms with Gasteiger partial charge in [0.2, 0.25) is 0 Å². The van der Waals surface area contributed by atoms with Gasteiger partial charge in [-0.15, -0.1) is 0 Å². The van der Waals surface area contributed by atoms with Crippen molar-refractivity contribution in [3.8, 4) is 5.75 Å². The van der Waals surface area contributed by atoms with Crippen LogP contribution in [0.1, 0.15) is 38.7 Å². The lowest BCUT2D eigenvalue weighted by Gasteiger charge is -2.42. The Kier molecular flexibility index (Phi) is 4.71. The van der Waals surface area contributed by atoms with Crippen LogP contribution in [0.3, 0.4) is 0 Å². The Morgan fingerprint density at radius 3 is 2.85 bits per heavy atom. The summed E-state index contributed by atoms with van der Waals surface area (Å²) in [5.41, 5.74) is 1.55. The summed E-state index contributed by atoms with van der Waals surface area (Å²) in [5, 5.41) is 10.3. The molecule has 3 nitrogen and oxygen atoms in total. The molecule has 0 aliphatic heterocycles. The van der Waals surface area contributed by atoms with Crippen LogP contribution in [0.25, 0.3) is 0 Å². The lowest BCUT2D eigenvalue weighted by atomic mass is 9.73. The SMILES string of the molecule is COc1cccc(CN(C)C2CC(C)(C)CCC2O)c1. The second-order valence-electron chi connectivity index (χ2n) is 6.81. The standard InChI is InChI=1S/C17H27NO2/c1-17(2)9-8-16(19)15(11-17)18(3)12-13-6-5-7-14(10-13)20-4/h5-7,10,15-16,19H,8-9,11-12H2,1-4H3. The lowest BCUT2D eigenvalue weighted by molar-refractivity contribution is -0.0102. The third kappa shape index (κ3) is 3.74. The third-order valence-electron chi connectivity index (χ3n) is 4.46. The van der Waals surface area contributed by atoms with Crippen molar-refractivity contribution in [1.29, 1.82) is 0 Å². The molecule has 2 atom stereocenters. The summed E-state index contributed by atoms with van der Waals surface area (Å²) in [6, 6.07) is 8.39. The molecule has 1 aliphatic rings. The van der Waals surface area contributed by atoms with Gasteiger partial charge in [0.1, 0.15) is 5.75 Å². The van der Waals surface area contributed by atoms with Crippen molar-refractivity contribution < 1.29 is 9.84 Å². The van der Waals surface area contributed by atoms with Gasteiger partial charge in [0.05, 0.1) is 13.2 Å². The topological polar surface area (TPSA) is 32.7 Å². The van der Waals surface area contributed by atoms with Crippen molar-refractivity contribution in [2.45, 2.75) is 51.8 Å². The Bertz CT molecular complexity index is 444. The zero-order valence-corrected chi connectivity index (χ0v) is 13.1. The summed E-state index contributed by atoms with van der Waals surface area (Å²) in [5.74, 6) is 0.889. The predicted octanol–water partition coefficient (Wildman–Crippen LogP) is 3.07. The summed E-state index contributed by atoms with van der Waals surface area (Å²) in [4.78, 5) is 2.28. The van der Waals surface area contributed by atoms with E-state index in [4.69, 9.17) is 4.74 Å². The van der Waals surface area contributed by atoms with E-state index < -0.39 is 0 Å². The molecule has 0 spiro atoms. The molecule has 1 aromatic carbocycles. The van der Waals surface area contributed by atoms with E-state index in [0.717, 1.165) is 31.6 Å². The molecule has 0 aromatic heterocycles. The molecule has 20 heavy (non-hydrogen) atoms. The highest BCUT2D eigenvalue weighted by Gasteiger charge is 2.35. The fourth-order valence-electron chi connectivity index (χ4n) is 3.16. The van der Waals surface area contributed by atoms with Gasteiger partial charge in [0, 0.05) is 12.6 Å². The molecule has 2 unspecified atom stereocenters. The summed E-state index contributed by atoms with van der Waals surface area (Å²) in [6.07, 6.45) is 2.85. The number of ether oxygens (including phenoxy) is 1. The van der Waals surface area contributed by atoms with Gasteiger partial charge in [-0.1, -0.05) is 26.0 Å². The van der Waals surface area contributed by atoms with Crippen LogP contribution in [0.2, 0.25) is 0 Å².